The van der Waals surface area contributed by atoms with Crippen molar-refractivity contribution < 1.29 is 9.15 Å². The molecule has 0 radical (unpaired) electrons. The van der Waals surface area contributed by atoms with Gasteiger partial charge in [-0.3, -0.25) is 4.98 Å². The summed E-state index contributed by atoms with van der Waals surface area (Å²) in [5.74, 6) is 0.337. The molecule has 1 fully saturated rings. The zero-order valence-electron chi connectivity index (χ0n) is 11.3. The number of H-pyrrole nitrogens is 1. The van der Waals surface area contributed by atoms with Gasteiger partial charge in [0.25, 0.3) is 0 Å². The Bertz CT molecular complexity index is 643. The molecule has 0 saturated heterocycles. The highest BCUT2D eigenvalue weighted by Crippen LogP contribution is 2.28. The molecule has 0 bridgehead atoms. The molecular weight excluding hydrogens is 258 g/mol. The zero-order chi connectivity index (χ0) is 13.9. The number of anilines is 2. The van der Waals surface area contributed by atoms with Crippen molar-refractivity contribution in [2.45, 2.75) is 19.3 Å². The number of ether oxygens (including phenoxy) is 1. The van der Waals surface area contributed by atoms with Crippen molar-refractivity contribution in [2.75, 3.05) is 30.8 Å². The SMILES string of the molecule is Nc1cc2oc(=O)[nH]c2cc1NCCCOCC1CC1. The number of aromatic nitrogens is 1. The first-order valence-corrected chi connectivity index (χ1v) is 6.96. The van der Waals surface area contributed by atoms with Crippen LogP contribution in [0.5, 0.6) is 0 Å². The molecule has 2 aromatic rings. The Morgan fingerprint density at radius 1 is 1.45 bits per heavy atom. The van der Waals surface area contributed by atoms with Crippen molar-refractivity contribution >= 4 is 22.5 Å². The van der Waals surface area contributed by atoms with Gasteiger partial charge in [0.2, 0.25) is 0 Å². The molecule has 20 heavy (non-hydrogen) atoms. The average Bonchev–Trinajstić information content (AvgIpc) is 3.16. The van der Waals surface area contributed by atoms with Gasteiger partial charge in [-0.2, -0.15) is 0 Å². The minimum atomic E-state index is -0.468. The molecule has 4 N–H and O–H groups in total. The first-order chi connectivity index (χ1) is 9.72. The van der Waals surface area contributed by atoms with E-state index in [0.717, 1.165) is 37.8 Å². The number of hydrogen-bond acceptors (Lipinski definition) is 5. The third kappa shape index (κ3) is 3.14. The normalized spacial score (nSPS) is 14.8. The molecule has 1 saturated carbocycles. The van der Waals surface area contributed by atoms with Crippen molar-refractivity contribution in [1.82, 2.24) is 4.98 Å². The Morgan fingerprint density at radius 3 is 3.10 bits per heavy atom. The van der Waals surface area contributed by atoms with Crippen LogP contribution in [0.4, 0.5) is 11.4 Å². The van der Waals surface area contributed by atoms with Gasteiger partial charge in [0.1, 0.15) is 0 Å². The Hall–Kier alpha value is -1.95. The van der Waals surface area contributed by atoms with E-state index in [1.165, 1.54) is 12.8 Å². The van der Waals surface area contributed by atoms with E-state index in [4.69, 9.17) is 14.9 Å². The van der Waals surface area contributed by atoms with E-state index in [1.54, 1.807) is 12.1 Å². The molecule has 108 valence electrons. The van der Waals surface area contributed by atoms with Gasteiger partial charge in [-0.25, -0.2) is 4.79 Å². The van der Waals surface area contributed by atoms with Crippen LogP contribution in [0, 0.1) is 5.92 Å². The van der Waals surface area contributed by atoms with Gasteiger partial charge in [-0.1, -0.05) is 0 Å². The number of aromatic amines is 1. The lowest BCUT2D eigenvalue weighted by atomic mass is 10.2. The van der Waals surface area contributed by atoms with E-state index in [2.05, 4.69) is 10.3 Å². The number of nitrogens with one attached hydrogen (secondary N) is 2. The molecule has 1 aromatic heterocycles. The standard InChI is InChI=1S/C14H19N3O3/c15-10-6-13-12(17-14(18)20-13)7-11(10)16-4-1-5-19-8-9-2-3-9/h6-7,9,16H,1-5,8,15H2,(H,17,18). The lowest BCUT2D eigenvalue weighted by molar-refractivity contribution is 0.124. The van der Waals surface area contributed by atoms with E-state index in [1.807, 2.05) is 0 Å². The molecule has 0 aliphatic heterocycles. The summed E-state index contributed by atoms with van der Waals surface area (Å²) in [5, 5.41) is 3.25. The number of hydrogen-bond donors (Lipinski definition) is 3. The van der Waals surface area contributed by atoms with Crippen LogP contribution >= 0.6 is 0 Å². The number of nitrogen functional groups attached to an aromatic ring is 1. The second-order valence-electron chi connectivity index (χ2n) is 5.25. The topological polar surface area (TPSA) is 93.3 Å². The molecule has 1 heterocycles. The van der Waals surface area contributed by atoms with Crippen molar-refractivity contribution in [3.05, 3.63) is 22.7 Å². The van der Waals surface area contributed by atoms with Crippen LogP contribution in [-0.2, 0) is 4.74 Å². The quantitative estimate of drug-likeness (QED) is 0.531. The summed E-state index contributed by atoms with van der Waals surface area (Å²) in [5.41, 5.74) is 8.41. The van der Waals surface area contributed by atoms with Crippen LogP contribution in [-0.4, -0.2) is 24.7 Å². The Balaban J connectivity index is 1.50. The Labute approximate surface area is 116 Å². The molecule has 0 amide bonds. The summed E-state index contributed by atoms with van der Waals surface area (Å²) in [7, 11) is 0. The third-order valence-corrected chi connectivity index (χ3v) is 3.42. The smallest absolute Gasteiger partial charge is 0.408 e. The van der Waals surface area contributed by atoms with Crippen LogP contribution in [0.1, 0.15) is 19.3 Å². The Kier molecular flexibility index (Phi) is 3.64. The van der Waals surface area contributed by atoms with Crippen LogP contribution < -0.4 is 16.8 Å². The van der Waals surface area contributed by atoms with Crippen LogP contribution in [0.2, 0.25) is 0 Å². The summed E-state index contributed by atoms with van der Waals surface area (Å²) < 4.78 is 10.5. The van der Waals surface area contributed by atoms with E-state index in [0.29, 0.717) is 16.8 Å². The van der Waals surface area contributed by atoms with Gasteiger partial charge < -0.3 is 20.2 Å². The molecule has 0 unspecified atom stereocenters. The van der Waals surface area contributed by atoms with Crippen LogP contribution in [0.15, 0.2) is 21.3 Å². The molecule has 1 aliphatic rings. The highest BCUT2D eigenvalue weighted by molar-refractivity contribution is 5.85. The maximum Gasteiger partial charge on any atom is 0.417 e. The van der Waals surface area contributed by atoms with Gasteiger partial charge in [0.15, 0.2) is 5.58 Å². The largest absolute Gasteiger partial charge is 0.417 e. The second kappa shape index (κ2) is 5.58. The average molecular weight is 277 g/mol. The van der Waals surface area contributed by atoms with Gasteiger partial charge in [-0.15, -0.1) is 0 Å². The molecule has 1 aromatic carbocycles. The first-order valence-electron chi connectivity index (χ1n) is 6.96. The molecule has 6 heteroatoms. The highest BCUT2D eigenvalue weighted by Gasteiger charge is 2.20. The van der Waals surface area contributed by atoms with Gasteiger partial charge in [0.05, 0.1) is 16.9 Å². The van der Waals surface area contributed by atoms with E-state index in [-0.39, 0.29) is 0 Å². The summed E-state index contributed by atoms with van der Waals surface area (Å²) >= 11 is 0. The van der Waals surface area contributed by atoms with E-state index in [9.17, 15) is 4.79 Å². The fraction of sp³-hybridized carbons (Fsp3) is 0.500. The predicted molar refractivity (Wildman–Crippen MR) is 77.9 cm³/mol. The van der Waals surface area contributed by atoms with Crippen LogP contribution in [0.25, 0.3) is 11.1 Å². The molecule has 1 aliphatic carbocycles. The van der Waals surface area contributed by atoms with Crippen molar-refractivity contribution in [3.63, 3.8) is 0 Å². The number of nitrogens with two attached hydrogens (primary N) is 1. The minimum absolute atomic E-state index is 0.468. The Morgan fingerprint density at radius 2 is 2.30 bits per heavy atom. The summed E-state index contributed by atoms with van der Waals surface area (Å²) in [6, 6.07) is 3.44. The molecule has 6 nitrogen and oxygen atoms in total. The van der Waals surface area contributed by atoms with Gasteiger partial charge in [-0.05, 0) is 31.2 Å². The van der Waals surface area contributed by atoms with Gasteiger partial charge >= 0.3 is 5.76 Å². The molecule has 0 atom stereocenters. The lowest BCUT2D eigenvalue weighted by Crippen LogP contribution is -2.08. The minimum Gasteiger partial charge on any atom is -0.408 e. The van der Waals surface area contributed by atoms with Gasteiger partial charge in [0, 0.05) is 25.8 Å². The van der Waals surface area contributed by atoms with Crippen molar-refractivity contribution in [2.24, 2.45) is 5.92 Å². The zero-order valence-corrected chi connectivity index (χ0v) is 11.3. The van der Waals surface area contributed by atoms with E-state index < -0.39 is 5.76 Å². The first kappa shape index (κ1) is 13.1. The highest BCUT2D eigenvalue weighted by atomic mass is 16.5. The number of rotatable bonds is 7. The lowest BCUT2D eigenvalue weighted by Gasteiger charge is -2.09. The number of fused-ring (bicyclic) bond motifs is 1. The number of benzene rings is 1. The number of oxazole rings is 1. The maximum absolute atomic E-state index is 11.1. The third-order valence-electron chi connectivity index (χ3n) is 3.42. The monoisotopic (exact) mass is 277 g/mol. The van der Waals surface area contributed by atoms with Crippen molar-refractivity contribution in [1.29, 1.82) is 0 Å². The summed E-state index contributed by atoms with van der Waals surface area (Å²) in [6.45, 7) is 2.43. The molecule has 0 spiro atoms. The fourth-order valence-electron chi connectivity index (χ4n) is 2.10. The van der Waals surface area contributed by atoms with E-state index >= 15 is 0 Å². The van der Waals surface area contributed by atoms with Crippen LogP contribution in [0.3, 0.4) is 0 Å². The predicted octanol–water partition coefficient (Wildman–Crippen LogP) is 1.93. The fourth-order valence-corrected chi connectivity index (χ4v) is 2.10. The summed E-state index contributed by atoms with van der Waals surface area (Å²) in [4.78, 5) is 13.7. The molecule has 3 rings (SSSR count). The summed E-state index contributed by atoms with van der Waals surface area (Å²) in [6.07, 6.45) is 3.56. The second-order valence-corrected chi connectivity index (χ2v) is 5.25. The van der Waals surface area contributed by atoms with Crippen molar-refractivity contribution in [3.8, 4) is 0 Å². The maximum atomic E-state index is 11.1. The molecular formula is C14H19N3O3.